The maximum Gasteiger partial charge on any atom is 0.263 e. The highest BCUT2D eigenvalue weighted by Crippen LogP contribution is 2.29. The zero-order valence-corrected chi connectivity index (χ0v) is 11.4. The Bertz CT molecular complexity index is 663. The number of ether oxygens (including phenoxy) is 1. The Hall–Kier alpha value is -1.87. The molecule has 1 heterocycles. The molecule has 0 bridgehead atoms. The van der Waals surface area contributed by atoms with Crippen LogP contribution in [0, 0.1) is 5.82 Å². The Balaban J connectivity index is 2.41. The summed E-state index contributed by atoms with van der Waals surface area (Å²) < 4.78 is 44.5. The zero-order valence-electron chi connectivity index (χ0n) is 9.75. The summed E-state index contributed by atoms with van der Waals surface area (Å²) in [7, 11) is -2.68. The lowest BCUT2D eigenvalue weighted by atomic mass is 10.3. The normalized spacial score (nSPS) is 11.3. The van der Waals surface area contributed by atoms with Gasteiger partial charge in [-0.1, -0.05) is 0 Å². The van der Waals surface area contributed by atoms with E-state index in [1.807, 2.05) is 0 Å². The van der Waals surface area contributed by atoms with Crippen molar-refractivity contribution in [3.8, 4) is 5.75 Å². The van der Waals surface area contributed by atoms with Gasteiger partial charge in [-0.2, -0.15) is 0 Å². The van der Waals surface area contributed by atoms with Crippen molar-refractivity contribution >= 4 is 32.2 Å². The van der Waals surface area contributed by atoms with Crippen LogP contribution in [0.1, 0.15) is 0 Å². The molecule has 1 aromatic heterocycles. The van der Waals surface area contributed by atoms with E-state index in [0.717, 1.165) is 23.5 Å². The van der Waals surface area contributed by atoms with Gasteiger partial charge in [-0.05, 0) is 12.1 Å². The average molecular weight is 303 g/mol. The van der Waals surface area contributed by atoms with Crippen LogP contribution in [-0.4, -0.2) is 20.5 Å². The van der Waals surface area contributed by atoms with Crippen molar-refractivity contribution in [1.29, 1.82) is 0 Å². The smallest absolute Gasteiger partial charge is 0.263 e. The molecule has 0 fully saturated rings. The van der Waals surface area contributed by atoms with Crippen molar-refractivity contribution in [1.82, 2.24) is 4.98 Å². The van der Waals surface area contributed by atoms with Gasteiger partial charge in [0.2, 0.25) is 0 Å². The largest absolute Gasteiger partial charge is 0.492 e. The first-order chi connectivity index (χ1) is 8.94. The number of hydrogen-bond donors (Lipinski definition) is 2. The molecule has 6 nitrogen and oxygen atoms in total. The maximum atomic E-state index is 13.6. The van der Waals surface area contributed by atoms with Crippen LogP contribution in [0.15, 0.2) is 28.6 Å². The molecule has 0 atom stereocenters. The van der Waals surface area contributed by atoms with Crippen LogP contribution in [0.25, 0.3) is 0 Å². The Morgan fingerprint density at radius 1 is 1.47 bits per heavy atom. The van der Waals surface area contributed by atoms with Crippen LogP contribution in [0.4, 0.5) is 15.2 Å². The Morgan fingerprint density at radius 2 is 2.21 bits per heavy atom. The first-order valence-corrected chi connectivity index (χ1v) is 7.35. The fraction of sp³-hybridized carbons (Fsp3) is 0.100. The van der Waals surface area contributed by atoms with E-state index >= 15 is 0 Å². The molecular formula is C10H10FN3O3S2. The molecule has 0 amide bonds. The summed E-state index contributed by atoms with van der Waals surface area (Å²) in [6.45, 7) is 0. The van der Waals surface area contributed by atoms with Crippen molar-refractivity contribution < 1.29 is 17.5 Å². The number of thiazole rings is 1. The minimum atomic E-state index is -3.93. The third-order valence-corrected chi connectivity index (χ3v) is 4.35. The van der Waals surface area contributed by atoms with E-state index in [4.69, 9.17) is 10.5 Å². The molecule has 102 valence electrons. The fourth-order valence-electron chi connectivity index (χ4n) is 1.41. The zero-order chi connectivity index (χ0) is 14.0. The number of hydrogen-bond acceptors (Lipinski definition) is 6. The van der Waals surface area contributed by atoms with Crippen LogP contribution < -0.4 is 15.2 Å². The molecule has 0 unspecified atom stereocenters. The molecule has 0 spiro atoms. The molecule has 19 heavy (non-hydrogen) atoms. The first-order valence-electron chi connectivity index (χ1n) is 4.99. The second kappa shape index (κ2) is 5.02. The molecular weight excluding hydrogens is 293 g/mol. The molecule has 3 N–H and O–H groups in total. The number of nitrogens with two attached hydrogens (primary N) is 1. The minimum absolute atomic E-state index is 0.0954. The van der Waals surface area contributed by atoms with Crippen LogP contribution in [0.2, 0.25) is 0 Å². The number of nitrogen functional groups attached to an aromatic ring is 1. The van der Waals surface area contributed by atoms with Crippen molar-refractivity contribution in [2.24, 2.45) is 0 Å². The molecule has 0 radical (unpaired) electrons. The van der Waals surface area contributed by atoms with Gasteiger partial charge in [0, 0.05) is 11.6 Å². The number of halogens is 1. The van der Waals surface area contributed by atoms with Crippen LogP contribution >= 0.6 is 11.3 Å². The van der Waals surface area contributed by atoms with Crippen LogP contribution in [-0.2, 0) is 10.0 Å². The third kappa shape index (κ3) is 2.76. The van der Waals surface area contributed by atoms with Gasteiger partial charge in [0.1, 0.15) is 0 Å². The average Bonchev–Trinajstić information content (AvgIpc) is 2.80. The number of benzene rings is 1. The van der Waals surface area contributed by atoms with E-state index in [0.29, 0.717) is 0 Å². The molecule has 0 saturated heterocycles. The predicted octanol–water partition coefficient (Wildman–Crippen LogP) is 1.67. The van der Waals surface area contributed by atoms with Gasteiger partial charge in [0.15, 0.2) is 16.7 Å². The van der Waals surface area contributed by atoms with Crippen molar-refractivity contribution in [3.05, 3.63) is 29.5 Å². The Kier molecular flexibility index (Phi) is 3.58. The van der Waals surface area contributed by atoms with E-state index in [2.05, 4.69) is 9.71 Å². The van der Waals surface area contributed by atoms with E-state index in [9.17, 15) is 12.8 Å². The number of methoxy groups -OCH3 is 1. The van der Waals surface area contributed by atoms with Gasteiger partial charge in [-0.25, -0.2) is 17.8 Å². The Morgan fingerprint density at radius 3 is 2.74 bits per heavy atom. The summed E-state index contributed by atoms with van der Waals surface area (Å²) in [6, 6.07) is 1.96. The SMILES string of the molecule is COc1c(N)cc(S(=O)(=O)Nc2nccs2)cc1F. The second-order valence-corrected chi connectivity index (χ2v) is 6.05. The highest BCUT2D eigenvalue weighted by atomic mass is 32.2. The summed E-state index contributed by atoms with van der Waals surface area (Å²) in [5.74, 6) is -1.03. The number of aromatic nitrogens is 1. The van der Waals surface area contributed by atoms with Gasteiger partial charge in [0.05, 0.1) is 17.7 Å². The number of nitrogens with one attached hydrogen (secondary N) is 1. The first kappa shape index (κ1) is 13.6. The summed E-state index contributed by atoms with van der Waals surface area (Å²) in [6.07, 6.45) is 1.45. The van der Waals surface area contributed by atoms with E-state index in [1.165, 1.54) is 13.3 Å². The molecule has 0 aliphatic carbocycles. The van der Waals surface area contributed by atoms with Gasteiger partial charge < -0.3 is 10.5 Å². The fourth-order valence-corrected chi connectivity index (χ4v) is 3.24. The van der Waals surface area contributed by atoms with Gasteiger partial charge in [-0.15, -0.1) is 11.3 Å². The molecule has 0 aliphatic rings. The van der Waals surface area contributed by atoms with Crippen molar-refractivity contribution in [2.45, 2.75) is 4.90 Å². The highest BCUT2D eigenvalue weighted by molar-refractivity contribution is 7.93. The lowest BCUT2D eigenvalue weighted by Crippen LogP contribution is -2.13. The van der Waals surface area contributed by atoms with Crippen LogP contribution in [0.3, 0.4) is 0 Å². The van der Waals surface area contributed by atoms with E-state index < -0.39 is 15.8 Å². The lowest BCUT2D eigenvalue weighted by molar-refractivity contribution is 0.388. The summed E-state index contributed by atoms with van der Waals surface area (Å²) in [5.41, 5.74) is 5.44. The molecule has 9 heteroatoms. The molecule has 2 aromatic rings. The van der Waals surface area contributed by atoms with Crippen molar-refractivity contribution in [3.63, 3.8) is 0 Å². The molecule has 0 aliphatic heterocycles. The van der Waals surface area contributed by atoms with E-state index in [1.54, 1.807) is 5.38 Å². The van der Waals surface area contributed by atoms with Crippen LogP contribution in [0.5, 0.6) is 5.75 Å². The molecule has 0 saturated carbocycles. The van der Waals surface area contributed by atoms with Gasteiger partial charge >= 0.3 is 0 Å². The predicted molar refractivity (Wildman–Crippen MR) is 70.3 cm³/mol. The lowest BCUT2D eigenvalue weighted by Gasteiger charge is -2.09. The minimum Gasteiger partial charge on any atom is -0.492 e. The van der Waals surface area contributed by atoms with Gasteiger partial charge in [-0.3, -0.25) is 4.72 Å². The molecule has 2 rings (SSSR count). The third-order valence-electron chi connectivity index (χ3n) is 2.21. The summed E-state index contributed by atoms with van der Waals surface area (Å²) >= 11 is 1.11. The maximum absolute atomic E-state index is 13.6. The monoisotopic (exact) mass is 303 g/mol. The van der Waals surface area contributed by atoms with Gasteiger partial charge in [0.25, 0.3) is 10.0 Å². The Labute approximate surface area is 113 Å². The van der Waals surface area contributed by atoms with E-state index in [-0.39, 0.29) is 21.5 Å². The topological polar surface area (TPSA) is 94.3 Å². The second-order valence-electron chi connectivity index (χ2n) is 3.47. The number of nitrogens with zero attached hydrogens (tertiary/aromatic N) is 1. The quantitative estimate of drug-likeness (QED) is 0.838. The number of sulfonamides is 1. The molecule has 1 aromatic carbocycles. The summed E-state index contributed by atoms with van der Waals surface area (Å²) in [4.78, 5) is 3.49. The standard InChI is InChI=1S/C10H10FN3O3S2/c1-17-9-7(11)4-6(5-8(9)12)19(15,16)14-10-13-2-3-18-10/h2-5H,12H2,1H3,(H,13,14). The highest BCUT2D eigenvalue weighted by Gasteiger charge is 2.20. The summed E-state index contributed by atoms with van der Waals surface area (Å²) in [5, 5.41) is 1.80. The number of rotatable bonds is 4. The van der Waals surface area contributed by atoms with Crippen molar-refractivity contribution in [2.75, 3.05) is 17.6 Å². The number of anilines is 2.